The molecule has 2 saturated carbocycles. The van der Waals surface area contributed by atoms with E-state index in [4.69, 9.17) is 4.03 Å². The van der Waals surface area contributed by atoms with Crippen LogP contribution in [0, 0.1) is 11.8 Å². The molecule has 2 aliphatic rings. The molecule has 0 aromatic heterocycles. The number of aliphatic hydroxyl groups is 1. The van der Waals surface area contributed by atoms with Crippen LogP contribution in [0.3, 0.4) is 0 Å². The molecule has 0 amide bonds. The van der Waals surface area contributed by atoms with E-state index in [0.29, 0.717) is 17.2 Å². The summed E-state index contributed by atoms with van der Waals surface area (Å²) < 4.78 is 21.1. The normalized spacial score (nSPS) is 26.2. The Bertz CT molecular complexity index is 1220. The van der Waals surface area contributed by atoms with E-state index in [1.807, 2.05) is 42.5 Å². The van der Waals surface area contributed by atoms with Gasteiger partial charge in [0.15, 0.2) is 4.93 Å². The first-order valence-electron chi connectivity index (χ1n) is 12.4. The lowest BCUT2D eigenvalue weighted by molar-refractivity contribution is 0.0701. The molecule has 0 aliphatic heterocycles. The Balaban J connectivity index is 1.91. The van der Waals surface area contributed by atoms with Gasteiger partial charge in [0.05, 0.1) is 9.73 Å². The van der Waals surface area contributed by atoms with E-state index in [9.17, 15) is 5.11 Å². The third kappa shape index (κ3) is 3.52. The molecule has 0 unspecified atom stereocenters. The number of fused-ring (bicyclic) bond motifs is 2. The first-order chi connectivity index (χ1) is 16.2. The zero-order chi connectivity index (χ0) is 24.0. The maximum Gasteiger partial charge on any atom is 0.260 e. The summed E-state index contributed by atoms with van der Waals surface area (Å²) in [4.78, 5) is -0.636. The maximum atomic E-state index is 15.5. The number of hydrogen-bond acceptors (Lipinski definition) is 3. The van der Waals surface area contributed by atoms with Crippen LogP contribution in [0.2, 0.25) is 5.04 Å². The standard InChI is InChI=1S/C29H35NO2SSi/c1-28(2,3)34(26-15-9-5-10-16-26,27-17-11-6-12-18-27)30-33(32,25-13-7-4-8-14-25)29(31)22-23-19-20-24(29)21-23/h4-18,23-24,31H,19-22H2,1-3H3/t23-,24+,29+,33-/m0/s1. The average molecular weight is 490 g/mol. The quantitative estimate of drug-likeness (QED) is 0.476. The molecule has 2 aliphatic carbocycles. The van der Waals surface area contributed by atoms with Gasteiger partial charge in [-0.3, -0.25) is 4.03 Å². The van der Waals surface area contributed by atoms with E-state index in [1.54, 1.807) is 0 Å². The maximum absolute atomic E-state index is 15.5. The van der Waals surface area contributed by atoms with Gasteiger partial charge in [-0.15, -0.1) is 0 Å². The highest BCUT2D eigenvalue weighted by Crippen LogP contribution is 2.56. The minimum Gasteiger partial charge on any atom is -0.375 e. The van der Waals surface area contributed by atoms with E-state index in [-0.39, 0.29) is 11.0 Å². The fourth-order valence-electron chi connectivity index (χ4n) is 6.36. The molecular weight excluding hydrogens is 454 g/mol. The van der Waals surface area contributed by atoms with Crippen LogP contribution in [0.15, 0.2) is 99.9 Å². The van der Waals surface area contributed by atoms with Crippen molar-refractivity contribution in [2.45, 2.75) is 61.3 Å². The minimum atomic E-state index is -3.17. The highest BCUT2D eigenvalue weighted by Gasteiger charge is 2.59. The fourth-order valence-corrected chi connectivity index (χ4v) is 16.4. The average Bonchev–Trinajstić information content (AvgIpc) is 3.45. The van der Waals surface area contributed by atoms with Gasteiger partial charge in [-0.2, -0.15) is 0 Å². The van der Waals surface area contributed by atoms with Crippen LogP contribution in [0.4, 0.5) is 0 Å². The van der Waals surface area contributed by atoms with Crippen molar-refractivity contribution in [3.8, 4) is 0 Å². The molecule has 4 atom stereocenters. The molecule has 5 rings (SSSR count). The molecule has 0 saturated heterocycles. The Morgan fingerprint density at radius 2 is 1.35 bits per heavy atom. The second-order valence-corrected chi connectivity index (χ2v) is 18.1. The monoisotopic (exact) mass is 489 g/mol. The molecule has 3 aromatic carbocycles. The van der Waals surface area contributed by atoms with Gasteiger partial charge in [0.2, 0.25) is 0 Å². The van der Waals surface area contributed by atoms with Crippen molar-refractivity contribution in [3.05, 3.63) is 91.0 Å². The SMILES string of the molecule is CC(C)(C)[Si](N=[S@](=O)(c1ccccc1)[C@]1(O)C[C@H]2CC[C@@H]1C2)(c1ccccc1)c1ccccc1. The van der Waals surface area contributed by atoms with Crippen LogP contribution in [-0.4, -0.2) is 22.5 Å². The summed E-state index contributed by atoms with van der Waals surface area (Å²) in [5, 5.41) is 14.3. The van der Waals surface area contributed by atoms with Crippen LogP contribution in [0.5, 0.6) is 0 Å². The first kappa shape index (κ1) is 23.5. The largest absolute Gasteiger partial charge is 0.375 e. The fraction of sp³-hybridized carbons (Fsp3) is 0.379. The summed E-state index contributed by atoms with van der Waals surface area (Å²) >= 11 is 0. The van der Waals surface area contributed by atoms with Gasteiger partial charge >= 0.3 is 0 Å². The molecule has 2 fully saturated rings. The summed E-state index contributed by atoms with van der Waals surface area (Å²) in [5.41, 5.74) is 0. The Morgan fingerprint density at radius 1 is 0.853 bits per heavy atom. The molecule has 1 N–H and O–H groups in total. The molecule has 2 bridgehead atoms. The summed E-state index contributed by atoms with van der Waals surface area (Å²) in [6.07, 6.45) is 3.58. The lowest BCUT2D eigenvalue weighted by Gasteiger charge is -2.43. The Hall–Kier alpha value is -2.21. The summed E-state index contributed by atoms with van der Waals surface area (Å²) in [7, 11) is -6.19. The highest BCUT2D eigenvalue weighted by atomic mass is 32.2. The number of benzene rings is 3. The summed E-state index contributed by atoms with van der Waals surface area (Å²) in [5.74, 6) is 0.473. The van der Waals surface area contributed by atoms with Crippen molar-refractivity contribution in [1.29, 1.82) is 0 Å². The topological polar surface area (TPSA) is 49.7 Å². The summed E-state index contributed by atoms with van der Waals surface area (Å²) in [6.45, 7) is 6.66. The van der Waals surface area contributed by atoms with Crippen LogP contribution in [-0.2, 0) is 9.73 Å². The molecule has 5 heteroatoms. The number of rotatable bonds is 5. The molecule has 178 valence electrons. The van der Waals surface area contributed by atoms with Crippen LogP contribution in [0.25, 0.3) is 0 Å². The van der Waals surface area contributed by atoms with Crippen molar-refractivity contribution < 1.29 is 9.32 Å². The predicted octanol–water partition coefficient (Wildman–Crippen LogP) is 5.58. The van der Waals surface area contributed by atoms with E-state index >= 15 is 4.21 Å². The van der Waals surface area contributed by atoms with Gasteiger partial charge in [-0.25, -0.2) is 4.21 Å². The van der Waals surface area contributed by atoms with E-state index in [1.165, 1.54) is 0 Å². The molecule has 3 nitrogen and oxygen atoms in total. The van der Waals surface area contributed by atoms with Crippen molar-refractivity contribution in [2.24, 2.45) is 15.9 Å². The van der Waals surface area contributed by atoms with Gasteiger partial charge < -0.3 is 5.11 Å². The second-order valence-electron chi connectivity index (χ2n) is 11.0. The summed E-state index contributed by atoms with van der Waals surface area (Å²) in [6, 6.07) is 30.4. The molecule has 3 aromatic rings. The van der Waals surface area contributed by atoms with Crippen molar-refractivity contribution in [2.75, 3.05) is 0 Å². The van der Waals surface area contributed by atoms with Gasteiger partial charge in [-0.1, -0.05) is 99.6 Å². The van der Waals surface area contributed by atoms with E-state index in [2.05, 4.69) is 69.3 Å². The third-order valence-electron chi connectivity index (χ3n) is 8.04. The lowest BCUT2D eigenvalue weighted by Crippen LogP contribution is -2.64. The first-order valence-corrected chi connectivity index (χ1v) is 15.8. The number of nitrogens with zero attached hydrogens (tertiary/aromatic N) is 1. The highest BCUT2D eigenvalue weighted by molar-refractivity contribution is 7.95. The van der Waals surface area contributed by atoms with Crippen molar-refractivity contribution >= 4 is 28.3 Å². The van der Waals surface area contributed by atoms with Crippen molar-refractivity contribution in [1.82, 2.24) is 0 Å². The molecular formula is C29H35NO2SSi. The predicted molar refractivity (Wildman–Crippen MR) is 143 cm³/mol. The van der Waals surface area contributed by atoms with Gasteiger partial charge in [0.25, 0.3) is 8.24 Å². The zero-order valence-electron chi connectivity index (χ0n) is 20.4. The molecule has 34 heavy (non-hydrogen) atoms. The zero-order valence-corrected chi connectivity index (χ0v) is 22.2. The molecule has 0 radical (unpaired) electrons. The minimum absolute atomic E-state index is 0.0344. The number of hydrogen-bond donors (Lipinski definition) is 1. The lowest BCUT2D eigenvalue weighted by atomic mass is 9.97. The smallest absolute Gasteiger partial charge is 0.260 e. The van der Waals surface area contributed by atoms with Crippen LogP contribution in [0.1, 0.15) is 46.5 Å². The van der Waals surface area contributed by atoms with E-state index in [0.717, 1.165) is 29.6 Å². The Morgan fingerprint density at radius 3 is 1.76 bits per heavy atom. The van der Waals surface area contributed by atoms with Crippen LogP contribution >= 0.6 is 0 Å². The van der Waals surface area contributed by atoms with Gasteiger partial charge in [-0.05, 0) is 59.1 Å². The van der Waals surface area contributed by atoms with Crippen LogP contribution < -0.4 is 10.4 Å². The van der Waals surface area contributed by atoms with Crippen molar-refractivity contribution in [3.63, 3.8) is 0 Å². The third-order valence-corrected chi connectivity index (χ3v) is 17.0. The van der Waals surface area contributed by atoms with E-state index < -0.39 is 22.9 Å². The Kier molecular flexibility index (Phi) is 5.86. The molecule has 0 spiro atoms. The second kappa shape index (κ2) is 8.47. The molecule has 0 heterocycles. The Labute approximate surface area is 205 Å². The van der Waals surface area contributed by atoms with Gasteiger partial charge in [0.1, 0.15) is 0 Å². The van der Waals surface area contributed by atoms with Gasteiger partial charge in [0, 0.05) is 10.8 Å².